The Bertz CT molecular complexity index is 851. The normalized spacial score (nSPS) is 20.8. The van der Waals surface area contributed by atoms with Gasteiger partial charge in [0.15, 0.2) is 12.4 Å². The third-order valence-electron chi connectivity index (χ3n) is 5.61. The van der Waals surface area contributed by atoms with Gasteiger partial charge < -0.3 is 19.9 Å². The predicted molar refractivity (Wildman–Crippen MR) is 108 cm³/mol. The van der Waals surface area contributed by atoms with Crippen LogP contribution in [0.3, 0.4) is 0 Å². The van der Waals surface area contributed by atoms with E-state index in [2.05, 4.69) is 22.2 Å². The average molecular weight is 388 g/mol. The third-order valence-corrected chi connectivity index (χ3v) is 5.61. The van der Waals surface area contributed by atoms with E-state index in [-0.39, 0.29) is 17.5 Å². The number of benzene rings is 1. The number of carbonyl (C=O) groups excluding carboxylic acids is 1. The van der Waals surface area contributed by atoms with Crippen molar-refractivity contribution in [1.29, 1.82) is 0 Å². The number of fused-ring (bicyclic) bond motifs is 1. The summed E-state index contributed by atoms with van der Waals surface area (Å²) in [7, 11) is 1.65. The average Bonchev–Trinajstić information content (AvgIpc) is 2.68. The lowest BCUT2D eigenvalue weighted by atomic mass is 9.86. The molecule has 3 rings (SSSR count). The van der Waals surface area contributed by atoms with Crippen LogP contribution >= 0.6 is 0 Å². The summed E-state index contributed by atoms with van der Waals surface area (Å²) in [4.78, 5) is 33.4. The van der Waals surface area contributed by atoms with Gasteiger partial charge in [-0.2, -0.15) is 0 Å². The van der Waals surface area contributed by atoms with Gasteiger partial charge in [0.05, 0.1) is 17.5 Å². The molecule has 152 valence electrons. The molecule has 0 aliphatic heterocycles. The molecule has 1 heterocycles. The Morgan fingerprint density at radius 3 is 2.89 bits per heavy atom. The first-order chi connectivity index (χ1) is 13.6. The summed E-state index contributed by atoms with van der Waals surface area (Å²) in [5.41, 5.74) is 0.528. The molecule has 7 nitrogen and oxygen atoms in total. The molecule has 1 saturated carbocycles. The molecule has 1 aromatic carbocycles. The minimum Gasteiger partial charge on any atom is -0.379 e. The maximum atomic E-state index is 12.6. The summed E-state index contributed by atoms with van der Waals surface area (Å²) < 4.78 is 5.21. The zero-order valence-electron chi connectivity index (χ0n) is 16.8. The van der Waals surface area contributed by atoms with Crippen LogP contribution < -0.4 is 15.8 Å². The fraction of sp³-hybridized carbons (Fsp3) is 0.571. The molecule has 7 heteroatoms. The van der Waals surface area contributed by atoms with Crippen LogP contribution in [0.4, 0.5) is 0 Å². The van der Waals surface area contributed by atoms with Crippen molar-refractivity contribution in [3.63, 3.8) is 0 Å². The Labute approximate surface area is 165 Å². The van der Waals surface area contributed by atoms with Crippen LogP contribution in [0.2, 0.25) is 0 Å². The molecule has 0 spiro atoms. The first kappa shape index (κ1) is 20.5. The number of quaternary nitrogens is 1. The van der Waals surface area contributed by atoms with Gasteiger partial charge in [-0.05, 0) is 30.9 Å². The van der Waals surface area contributed by atoms with E-state index < -0.39 is 0 Å². The molecule has 1 aliphatic rings. The van der Waals surface area contributed by atoms with E-state index in [4.69, 9.17) is 4.74 Å². The summed E-state index contributed by atoms with van der Waals surface area (Å²) in [6.45, 7) is 4.23. The number of nitrogens with zero attached hydrogens (tertiary/aromatic N) is 1. The molecule has 1 unspecified atom stereocenters. The van der Waals surface area contributed by atoms with Gasteiger partial charge in [-0.15, -0.1) is 0 Å². The standard InChI is InChI=1S/C21H30N4O3/c1-15-7-3-5-9-17(15)23-20(26)14-25(11-12-28-2)13-19-22-18-10-6-4-8-16(18)21(27)24-19/h4,6,8,10,15,17H,3,5,7,9,11-14H2,1-2H3,(H,23,26)(H,22,24,27)/p+1/t15-,17-/m0/s1. The maximum Gasteiger partial charge on any atom is 0.275 e. The molecule has 3 atom stereocenters. The number of methoxy groups -OCH3 is 1. The van der Waals surface area contributed by atoms with Crippen LogP contribution in [0.5, 0.6) is 0 Å². The second kappa shape index (κ2) is 9.80. The highest BCUT2D eigenvalue weighted by atomic mass is 16.5. The molecule has 0 radical (unpaired) electrons. The Balaban J connectivity index is 1.68. The SMILES string of the molecule is COCC[NH+](CC(=O)N[C@H]1CCCC[C@@H]1C)Cc1nc2ccccc2c(=O)[nH]1. The predicted octanol–water partition coefficient (Wildman–Crippen LogP) is 0.649. The van der Waals surface area contributed by atoms with Crippen molar-refractivity contribution in [2.75, 3.05) is 26.8 Å². The molecule has 1 fully saturated rings. The lowest BCUT2D eigenvalue weighted by molar-refractivity contribution is -0.906. The van der Waals surface area contributed by atoms with Gasteiger partial charge in [-0.25, -0.2) is 4.98 Å². The highest BCUT2D eigenvalue weighted by Crippen LogP contribution is 2.23. The van der Waals surface area contributed by atoms with Crippen LogP contribution in [0.1, 0.15) is 38.4 Å². The van der Waals surface area contributed by atoms with Crippen LogP contribution in [0, 0.1) is 5.92 Å². The molecule has 0 saturated heterocycles. The summed E-state index contributed by atoms with van der Waals surface area (Å²) >= 11 is 0. The fourth-order valence-electron chi connectivity index (χ4n) is 3.96. The molecule has 2 aromatic rings. The molecule has 1 aromatic heterocycles. The van der Waals surface area contributed by atoms with Gasteiger partial charge in [-0.1, -0.05) is 31.9 Å². The number of hydrogen-bond acceptors (Lipinski definition) is 4. The highest BCUT2D eigenvalue weighted by molar-refractivity contribution is 5.77. The number of amides is 1. The first-order valence-corrected chi connectivity index (χ1v) is 10.2. The van der Waals surface area contributed by atoms with E-state index in [0.717, 1.165) is 11.3 Å². The van der Waals surface area contributed by atoms with Crippen molar-refractivity contribution in [3.8, 4) is 0 Å². The summed E-state index contributed by atoms with van der Waals surface area (Å²) in [6, 6.07) is 7.56. The van der Waals surface area contributed by atoms with Crippen molar-refractivity contribution >= 4 is 16.8 Å². The van der Waals surface area contributed by atoms with E-state index in [0.29, 0.717) is 48.9 Å². The Morgan fingerprint density at radius 2 is 2.11 bits per heavy atom. The lowest BCUT2D eigenvalue weighted by Gasteiger charge is -2.30. The first-order valence-electron chi connectivity index (χ1n) is 10.2. The smallest absolute Gasteiger partial charge is 0.275 e. The Morgan fingerprint density at radius 1 is 1.32 bits per heavy atom. The molecular weight excluding hydrogens is 356 g/mol. The number of ether oxygens (including phenoxy) is 1. The fourth-order valence-corrected chi connectivity index (χ4v) is 3.96. The lowest BCUT2D eigenvalue weighted by Crippen LogP contribution is -3.12. The van der Waals surface area contributed by atoms with Gasteiger partial charge >= 0.3 is 0 Å². The second-order valence-corrected chi connectivity index (χ2v) is 7.81. The van der Waals surface area contributed by atoms with Crippen molar-refractivity contribution in [2.45, 2.75) is 45.2 Å². The van der Waals surface area contributed by atoms with Crippen molar-refractivity contribution in [1.82, 2.24) is 15.3 Å². The van der Waals surface area contributed by atoms with E-state index in [9.17, 15) is 9.59 Å². The van der Waals surface area contributed by atoms with Crippen LogP contribution in [0.25, 0.3) is 10.9 Å². The van der Waals surface area contributed by atoms with Crippen molar-refractivity contribution in [3.05, 3.63) is 40.4 Å². The van der Waals surface area contributed by atoms with Crippen LogP contribution in [0.15, 0.2) is 29.1 Å². The van der Waals surface area contributed by atoms with Gasteiger partial charge in [0.1, 0.15) is 13.1 Å². The molecule has 0 bridgehead atoms. The number of para-hydroxylation sites is 1. The van der Waals surface area contributed by atoms with Crippen LogP contribution in [-0.4, -0.2) is 48.7 Å². The summed E-state index contributed by atoms with van der Waals surface area (Å²) in [5.74, 6) is 1.17. The molecule has 1 aliphatic carbocycles. The molecular formula is C21H31N4O3+. The van der Waals surface area contributed by atoms with Gasteiger partial charge in [0.2, 0.25) is 0 Å². The number of nitrogens with one attached hydrogen (secondary N) is 3. The zero-order valence-corrected chi connectivity index (χ0v) is 16.8. The number of aromatic amines is 1. The second-order valence-electron chi connectivity index (χ2n) is 7.81. The van der Waals surface area contributed by atoms with Gasteiger partial charge in [0, 0.05) is 13.2 Å². The molecule has 3 N–H and O–H groups in total. The number of rotatable bonds is 8. The van der Waals surface area contributed by atoms with Crippen molar-refractivity contribution < 1.29 is 14.4 Å². The number of hydrogen-bond donors (Lipinski definition) is 3. The molecule has 28 heavy (non-hydrogen) atoms. The topological polar surface area (TPSA) is 88.5 Å². The highest BCUT2D eigenvalue weighted by Gasteiger charge is 2.25. The van der Waals surface area contributed by atoms with E-state index in [1.54, 1.807) is 13.2 Å². The van der Waals surface area contributed by atoms with Crippen molar-refractivity contribution in [2.24, 2.45) is 5.92 Å². The quantitative estimate of drug-likeness (QED) is 0.621. The largest absolute Gasteiger partial charge is 0.379 e. The summed E-state index contributed by atoms with van der Waals surface area (Å²) in [6.07, 6.45) is 4.66. The minimum absolute atomic E-state index is 0.0491. The number of carbonyl (C=O) groups is 1. The number of aromatic nitrogens is 2. The number of H-pyrrole nitrogens is 1. The third kappa shape index (κ3) is 5.39. The van der Waals surface area contributed by atoms with E-state index in [1.807, 2.05) is 18.2 Å². The van der Waals surface area contributed by atoms with Crippen LogP contribution in [-0.2, 0) is 16.1 Å². The monoisotopic (exact) mass is 387 g/mol. The Kier molecular flexibility index (Phi) is 7.17. The zero-order chi connectivity index (χ0) is 19.9. The van der Waals surface area contributed by atoms with E-state index >= 15 is 0 Å². The Hall–Kier alpha value is -2.25. The maximum absolute atomic E-state index is 12.6. The minimum atomic E-state index is -0.146. The van der Waals surface area contributed by atoms with Gasteiger partial charge in [0.25, 0.3) is 11.5 Å². The van der Waals surface area contributed by atoms with E-state index in [1.165, 1.54) is 19.3 Å². The van der Waals surface area contributed by atoms with Gasteiger partial charge in [-0.3, -0.25) is 9.59 Å². The molecule has 1 amide bonds. The summed E-state index contributed by atoms with van der Waals surface area (Å²) in [5, 5.41) is 3.79.